The first kappa shape index (κ1) is 14.7. The summed E-state index contributed by atoms with van der Waals surface area (Å²) in [5.41, 5.74) is 0.284. The fourth-order valence-corrected chi connectivity index (χ4v) is 5.11. The molecule has 1 saturated carbocycles. The Labute approximate surface area is 136 Å². The zero-order valence-corrected chi connectivity index (χ0v) is 13.5. The first-order valence-electron chi connectivity index (χ1n) is 8.33. The van der Waals surface area contributed by atoms with Crippen molar-refractivity contribution in [3.8, 4) is 0 Å². The van der Waals surface area contributed by atoms with E-state index in [9.17, 15) is 9.18 Å². The van der Waals surface area contributed by atoms with Gasteiger partial charge < -0.3 is 5.32 Å². The Morgan fingerprint density at radius 2 is 2.09 bits per heavy atom. The van der Waals surface area contributed by atoms with Crippen molar-refractivity contribution in [3.63, 3.8) is 0 Å². The molecule has 4 rings (SSSR count). The third-order valence-corrected chi connectivity index (χ3v) is 6.01. The van der Waals surface area contributed by atoms with Crippen molar-refractivity contribution < 1.29 is 9.18 Å². The number of fused-ring (bicyclic) bond motifs is 2. The Hall–Kier alpha value is -0.870. The summed E-state index contributed by atoms with van der Waals surface area (Å²) in [6, 6.07) is 7.24. The van der Waals surface area contributed by atoms with Crippen molar-refractivity contribution in [2.45, 2.75) is 61.3 Å². The van der Waals surface area contributed by atoms with Crippen LogP contribution in [0.2, 0.25) is 0 Å². The van der Waals surface area contributed by atoms with Crippen molar-refractivity contribution in [1.29, 1.82) is 0 Å². The van der Waals surface area contributed by atoms with E-state index in [4.69, 9.17) is 12.6 Å². The Morgan fingerprint density at radius 3 is 2.82 bits per heavy atom. The molecule has 2 aliphatic heterocycles. The number of halogens is 1. The number of piperidine rings is 1. The van der Waals surface area contributed by atoms with Crippen LogP contribution in [-0.2, 0) is 4.79 Å². The Balaban J connectivity index is 1.77. The van der Waals surface area contributed by atoms with E-state index in [0.717, 1.165) is 38.5 Å². The Bertz CT molecular complexity index is 603. The molecule has 1 aliphatic carbocycles. The third kappa shape index (κ3) is 2.41. The van der Waals surface area contributed by atoms with Crippen LogP contribution >= 0.6 is 12.6 Å². The fraction of sp³-hybridized carbons (Fsp3) is 0.611. The molecule has 22 heavy (non-hydrogen) atoms. The van der Waals surface area contributed by atoms with Crippen LogP contribution in [-0.4, -0.2) is 22.6 Å². The lowest BCUT2D eigenvalue weighted by atomic mass is 9.71. The van der Waals surface area contributed by atoms with Crippen molar-refractivity contribution in [2.24, 2.45) is 5.92 Å². The van der Waals surface area contributed by atoms with Crippen LogP contribution in [0, 0.1) is 11.7 Å². The van der Waals surface area contributed by atoms with E-state index in [1.807, 2.05) is 6.07 Å². The fourth-order valence-electron chi connectivity index (χ4n) is 4.53. The van der Waals surface area contributed by atoms with Gasteiger partial charge in [-0.1, -0.05) is 18.2 Å². The summed E-state index contributed by atoms with van der Waals surface area (Å²) in [6.07, 6.45) is 5.85. The van der Waals surface area contributed by atoms with Gasteiger partial charge >= 0.3 is 0 Å². The molecule has 1 aromatic rings. The third-order valence-electron chi connectivity index (χ3n) is 5.62. The zero-order chi connectivity index (χ0) is 15.3. The van der Waals surface area contributed by atoms with Crippen molar-refractivity contribution in [2.75, 3.05) is 0 Å². The lowest BCUT2D eigenvalue weighted by Crippen LogP contribution is -2.56. The van der Waals surface area contributed by atoms with Gasteiger partial charge in [-0.05, 0) is 44.6 Å². The van der Waals surface area contributed by atoms with Crippen LogP contribution in [0.25, 0.3) is 0 Å². The maximum atomic E-state index is 14.5. The molecule has 2 bridgehead atoms. The van der Waals surface area contributed by atoms with E-state index in [-0.39, 0.29) is 29.0 Å². The van der Waals surface area contributed by atoms with Gasteiger partial charge in [0.15, 0.2) is 0 Å². The van der Waals surface area contributed by atoms with Gasteiger partial charge in [0.1, 0.15) is 11.6 Å². The van der Waals surface area contributed by atoms with Crippen molar-refractivity contribution in [1.82, 2.24) is 5.32 Å². The largest absolute Gasteiger partial charge is 0.307 e. The van der Waals surface area contributed by atoms with Gasteiger partial charge in [0.05, 0.1) is 5.92 Å². The average molecular weight is 319 g/mol. The van der Waals surface area contributed by atoms with Crippen LogP contribution < -0.4 is 5.32 Å². The zero-order valence-electron chi connectivity index (χ0n) is 12.6. The number of carbonyl (C=O) groups excluding carboxylic acids is 1. The maximum Gasteiger partial charge on any atom is 0.145 e. The second kappa shape index (κ2) is 5.34. The second-order valence-electron chi connectivity index (χ2n) is 7.26. The molecule has 0 radical (unpaired) electrons. The molecule has 4 heteroatoms. The highest BCUT2D eigenvalue weighted by atomic mass is 32.1. The molecule has 3 fully saturated rings. The molecule has 4 unspecified atom stereocenters. The standard InChI is InChI=1S/C18H22FNOS/c19-15-4-2-1-3-14(15)16(17(21)11-5-6-11)18-8-7-12(20-18)9-13(22)10-18/h1-4,11-13,16,20,22H,5-10H2. The molecular weight excluding hydrogens is 297 g/mol. The minimum Gasteiger partial charge on any atom is -0.307 e. The Kier molecular flexibility index (Phi) is 3.57. The number of ketones is 1. The molecule has 4 atom stereocenters. The summed E-state index contributed by atoms with van der Waals surface area (Å²) in [4.78, 5) is 13.0. The molecule has 0 spiro atoms. The summed E-state index contributed by atoms with van der Waals surface area (Å²) in [7, 11) is 0. The lowest BCUT2D eigenvalue weighted by Gasteiger charge is -2.43. The number of rotatable bonds is 4. The Morgan fingerprint density at radius 1 is 1.32 bits per heavy atom. The molecule has 2 nitrogen and oxygen atoms in total. The van der Waals surface area contributed by atoms with Crippen LogP contribution in [0.15, 0.2) is 24.3 Å². The van der Waals surface area contributed by atoms with E-state index in [1.165, 1.54) is 6.07 Å². The summed E-state index contributed by atoms with van der Waals surface area (Å²) in [6.45, 7) is 0. The van der Waals surface area contributed by atoms with E-state index < -0.39 is 0 Å². The van der Waals surface area contributed by atoms with Gasteiger partial charge in [0.2, 0.25) is 0 Å². The van der Waals surface area contributed by atoms with E-state index in [0.29, 0.717) is 16.9 Å². The lowest BCUT2D eigenvalue weighted by molar-refractivity contribution is -0.123. The topological polar surface area (TPSA) is 29.1 Å². The highest BCUT2D eigenvalue weighted by molar-refractivity contribution is 7.80. The van der Waals surface area contributed by atoms with Gasteiger partial charge in [0.25, 0.3) is 0 Å². The molecule has 3 aliphatic rings. The molecule has 0 amide bonds. The van der Waals surface area contributed by atoms with Crippen LogP contribution in [0.1, 0.15) is 50.0 Å². The summed E-state index contributed by atoms with van der Waals surface area (Å²) >= 11 is 4.70. The highest BCUT2D eigenvalue weighted by Crippen LogP contribution is 2.49. The van der Waals surface area contributed by atoms with Crippen molar-refractivity contribution >= 4 is 18.4 Å². The molecule has 2 saturated heterocycles. The number of benzene rings is 1. The predicted molar refractivity (Wildman–Crippen MR) is 87.8 cm³/mol. The molecule has 1 aromatic carbocycles. The van der Waals surface area contributed by atoms with Gasteiger partial charge in [-0.2, -0.15) is 12.6 Å². The molecule has 2 heterocycles. The predicted octanol–water partition coefficient (Wildman–Crippen LogP) is 3.47. The monoisotopic (exact) mass is 319 g/mol. The van der Waals surface area contributed by atoms with E-state index >= 15 is 0 Å². The van der Waals surface area contributed by atoms with E-state index in [2.05, 4.69) is 5.32 Å². The highest BCUT2D eigenvalue weighted by Gasteiger charge is 2.54. The van der Waals surface area contributed by atoms with Gasteiger partial charge in [0, 0.05) is 28.3 Å². The minimum absolute atomic E-state index is 0.139. The number of thiol groups is 1. The van der Waals surface area contributed by atoms with Gasteiger partial charge in [-0.25, -0.2) is 4.39 Å². The summed E-state index contributed by atoms with van der Waals surface area (Å²) in [5.74, 6) is -0.232. The number of Topliss-reactive ketones (excluding diaryl/α,β-unsaturated/α-hetero) is 1. The molecule has 1 N–H and O–H groups in total. The van der Waals surface area contributed by atoms with E-state index in [1.54, 1.807) is 12.1 Å². The minimum atomic E-state index is -0.360. The normalized spacial score (nSPS) is 35.4. The maximum absolute atomic E-state index is 14.5. The van der Waals surface area contributed by atoms with Crippen LogP contribution in [0.3, 0.4) is 0 Å². The van der Waals surface area contributed by atoms with Gasteiger partial charge in [-0.3, -0.25) is 4.79 Å². The average Bonchev–Trinajstić information content (AvgIpc) is 3.27. The first-order chi connectivity index (χ1) is 10.6. The van der Waals surface area contributed by atoms with Crippen molar-refractivity contribution in [3.05, 3.63) is 35.6 Å². The summed E-state index contributed by atoms with van der Waals surface area (Å²) in [5, 5.41) is 3.99. The van der Waals surface area contributed by atoms with Crippen LogP contribution in [0.4, 0.5) is 4.39 Å². The number of nitrogens with one attached hydrogen (secondary N) is 1. The second-order valence-corrected chi connectivity index (χ2v) is 7.99. The first-order valence-corrected chi connectivity index (χ1v) is 8.85. The number of hydrogen-bond acceptors (Lipinski definition) is 3. The SMILES string of the molecule is O=C(C1CC1)C(c1ccccc1F)C12CCC(CC(S)C1)N2. The smallest absolute Gasteiger partial charge is 0.145 e. The number of carbonyl (C=O) groups is 1. The molecule has 0 aromatic heterocycles. The number of hydrogen-bond donors (Lipinski definition) is 2. The van der Waals surface area contributed by atoms with Gasteiger partial charge in [-0.15, -0.1) is 0 Å². The molecular formula is C18H22FNOS. The quantitative estimate of drug-likeness (QED) is 0.832. The molecule has 118 valence electrons. The van der Waals surface area contributed by atoms with Crippen LogP contribution in [0.5, 0.6) is 0 Å². The summed E-state index contributed by atoms with van der Waals surface area (Å²) < 4.78 is 14.5.